The van der Waals surface area contributed by atoms with Crippen LogP contribution < -0.4 is 10.0 Å². The van der Waals surface area contributed by atoms with Gasteiger partial charge in [0.15, 0.2) is 0 Å². The molecular formula is C14H20ClFN2O2S. The molecule has 1 aliphatic rings. The van der Waals surface area contributed by atoms with Crippen LogP contribution in [0, 0.1) is 11.7 Å². The highest BCUT2D eigenvalue weighted by Crippen LogP contribution is 2.32. The largest absolute Gasteiger partial charge is 0.310 e. The van der Waals surface area contributed by atoms with Crippen LogP contribution in [0.4, 0.5) is 4.39 Å². The van der Waals surface area contributed by atoms with Gasteiger partial charge >= 0.3 is 0 Å². The molecule has 7 heteroatoms. The van der Waals surface area contributed by atoms with Crippen LogP contribution in [0.1, 0.15) is 32.8 Å². The third kappa shape index (κ3) is 4.16. The summed E-state index contributed by atoms with van der Waals surface area (Å²) in [4.78, 5) is -0.380. The summed E-state index contributed by atoms with van der Waals surface area (Å²) < 4.78 is 41.5. The van der Waals surface area contributed by atoms with Crippen molar-refractivity contribution in [1.29, 1.82) is 0 Å². The molecule has 2 atom stereocenters. The molecule has 118 valence electrons. The lowest BCUT2D eigenvalue weighted by Gasteiger charge is -2.13. The molecule has 2 N–H and O–H groups in total. The highest BCUT2D eigenvalue weighted by molar-refractivity contribution is 7.89. The zero-order valence-corrected chi connectivity index (χ0v) is 13.9. The number of hydrogen-bond donors (Lipinski definition) is 2. The molecule has 1 aromatic carbocycles. The number of nitrogens with one attached hydrogen (secondary N) is 2. The molecule has 4 nitrogen and oxygen atoms in total. The summed E-state index contributed by atoms with van der Waals surface area (Å²) in [6.45, 7) is 6.03. The minimum Gasteiger partial charge on any atom is -0.310 e. The number of hydrogen-bond acceptors (Lipinski definition) is 3. The molecule has 21 heavy (non-hydrogen) atoms. The van der Waals surface area contributed by atoms with Crippen molar-refractivity contribution in [2.75, 3.05) is 0 Å². The number of benzene rings is 1. The number of rotatable bonds is 6. The van der Waals surface area contributed by atoms with E-state index in [1.807, 2.05) is 20.8 Å². The molecule has 0 saturated heterocycles. The van der Waals surface area contributed by atoms with E-state index in [2.05, 4.69) is 10.0 Å². The first kappa shape index (κ1) is 16.7. The number of sulfonamides is 1. The van der Waals surface area contributed by atoms with Gasteiger partial charge in [-0.2, -0.15) is 0 Å². The van der Waals surface area contributed by atoms with Gasteiger partial charge in [-0.05, 0) is 24.5 Å². The fourth-order valence-corrected chi connectivity index (χ4v) is 3.81. The topological polar surface area (TPSA) is 58.2 Å². The van der Waals surface area contributed by atoms with E-state index in [0.29, 0.717) is 5.92 Å². The van der Waals surface area contributed by atoms with Crippen LogP contribution in [-0.4, -0.2) is 20.5 Å². The Morgan fingerprint density at radius 3 is 2.57 bits per heavy atom. The second-order valence-corrected chi connectivity index (χ2v) is 7.97. The summed E-state index contributed by atoms with van der Waals surface area (Å²) in [5, 5.41) is 3.26. The Morgan fingerprint density at radius 2 is 2.05 bits per heavy atom. The van der Waals surface area contributed by atoms with Gasteiger partial charge in [0, 0.05) is 29.2 Å². The standard InChI is InChI=1S/C14H20ClFN2O2S/c1-8(2)17-7-10-5-11(15)6-13(14(10)16)21(19,20)18-12-4-9(12)3/h5-6,8-9,12,17-18H,4,7H2,1-3H3. The van der Waals surface area contributed by atoms with Crippen LogP contribution in [0.2, 0.25) is 5.02 Å². The fourth-order valence-electron chi connectivity index (χ4n) is 2.01. The third-order valence-corrected chi connectivity index (χ3v) is 5.19. The van der Waals surface area contributed by atoms with E-state index in [4.69, 9.17) is 11.6 Å². The third-order valence-electron chi connectivity index (χ3n) is 3.49. The summed E-state index contributed by atoms with van der Waals surface area (Å²) in [5.41, 5.74) is 0.250. The van der Waals surface area contributed by atoms with E-state index in [-0.39, 0.29) is 34.1 Å². The lowest BCUT2D eigenvalue weighted by Crippen LogP contribution is -2.28. The smallest absolute Gasteiger partial charge is 0.243 e. The average molecular weight is 335 g/mol. The predicted octanol–water partition coefficient (Wildman–Crippen LogP) is 2.66. The zero-order valence-electron chi connectivity index (χ0n) is 12.3. The fraction of sp³-hybridized carbons (Fsp3) is 0.571. The lowest BCUT2D eigenvalue weighted by molar-refractivity contribution is 0.528. The zero-order chi connectivity index (χ0) is 15.8. The van der Waals surface area contributed by atoms with Crippen molar-refractivity contribution in [3.05, 3.63) is 28.5 Å². The first-order valence-corrected chi connectivity index (χ1v) is 8.80. The van der Waals surface area contributed by atoms with E-state index in [1.54, 1.807) is 0 Å². The molecule has 2 rings (SSSR count). The maximum Gasteiger partial charge on any atom is 0.243 e. The van der Waals surface area contributed by atoms with E-state index < -0.39 is 15.8 Å². The molecule has 2 unspecified atom stereocenters. The van der Waals surface area contributed by atoms with Crippen molar-refractivity contribution < 1.29 is 12.8 Å². The Hall–Kier alpha value is -0.690. The van der Waals surface area contributed by atoms with E-state index in [0.717, 1.165) is 12.5 Å². The SMILES string of the molecule is CC(C)NCc1cc(Cl)cc(S(=O)(=O)NC2CC2C)c1F. The van der Waals surface area contributed by atoms with Gasteiger partial charge in [-0.15, -0.1) is 0 Å². The van der Waals surface area contributed by atoms with Crippen LogP contribution in [0.25, 0.3) is 0 Å². The first-order chi connectivity index (χ1) is 9.70. The minimum atomic E-state index is -3.88. The van der Waals surface area contributed by atoms with Gasteiger partial charge in [0.2, 0.25) is 10.0 Å². The second kappa shape index (κ2) is 6.20. The molecule has 0 aliphatic heterocycles. The summed E-state index contributed by atoms with van der Waals surface area (Å²) in [6.07, 6.45) is 0.781. The normalized spacial score (nSPS) is 21.8. The van der Waals surface area contributed by atoms with Gasteiger partial charge in [0.25, 0.3) is 0 Å². The Kier molecular flexibility index (Phi) is 4.92. The van der Waals surface area contributed by atoms with E-state index in [1.165, 1.54) is 6.07 Å². The summed E-state index contributed by atoms with van der Waals surface area (Å²) in [5.74, 6) is -0.447. The van der Waals surface area contributed by atoms with Crippen molar-refractivity contribution in [3.63, 3.8) is 0 Å². The van der Waals surface area contributed by atoms with E-state index >= 15 is 0 Å². The monoisotopic (exact) mass is 334 g/mol. The molecule has 0 heterocycles. The molecule has 0 radical (unpaired) electrons. The molecule has 0 amide bonds. The highest BCUT2D eigenvalue weighted by atomic mass is 35.5. The van der Waals surface area contributed by atoms with Crippen molar-refractivity contribution >= 4 is 21.6 Å². The molecule has 1 fully saturated rings. The average Bonchev–Trinajstić information content (AvgIpc) is 3.04. The molecule has 1 saturated carbocycles. The molecule has 0 bridgehead atoms. The van der Waals surface area contributed by atoms with Crippen LogP contribution >= 0.6 is 11.6 Å². The number of halogens is 2. The Labute approximate surface area is 130 Å². The maximum absolute atomic E-state index is 14.4. The highest BCUT2D eigenvalue weighted by Gasteiger charge is 2.37. The maximum atomic E-state index is 14.4. The van der Waals surface area contributed by atoms with Crippen molar-refractivity contribution in [1.82, 2.24) is 10.0 Å². The molecule has 0 aromatic heterocycles. The molecule has 1 aromatic rings. The molecular weight excluding hydrogens is 315 g/mol. The van der Waals surface area contributed by atoms with Crippen molar-refractivity contribution in [2.45, 2.75) is 50.7 Å². The Morgan fingerprint density at radius 1 is 1.43 bits per heavy atom. The molecule has 0 spiro atoms. The summed E-state index contributed by atoms with van der Waals surface area (Å²) in [6, 6.07) is 2.66. The lowest BCUT2D eigenvalue weighted by atomic mass is 10.2. The quantitative estimate of drug-likeness (QED) is 0.841. The Bertz CT molecular complexity index is 634. The first-order valence-electron chi connectivity index (χ1n) is 6.94. The van der Waals surface area contributed by atoms with Gasteiger partial charge in [-0.1, -0.05) is 32.4 Å². The van der Waals surface area contributed by atoms with Gasteiger partial charge in [0.05, 0.1) is 0 Å². The van der Waals surface area contributed by atoms with Crippen LogP contribution in [-0.2, 0) is 16.6 Å². The van der Waals surface area contributed by atoms with Gasteiger partial charge < -0.3 is 5.32 Å². The Balaban J connectivity index is 2.30. The van der Waals surface area contributed by atoms with Crippen LogP contribution in [0.3, 0.4) is 0 Å². The minimum absolute atomic E-state index is 0.106. The van der Waals surface area contributed by atoms with E-state index in [9.17, 15) is 12.8 Å². The summed E-state index contributed by atoms with van der Waals surface area (Å²) >= 11 is 5.94. The van der Waals surface area contributed by atoms with Crippen molar-refractivity contribution in [2.24, 2.45) is 5.92 Å². The van der Waals surface area contributed by atoms with Gasteiger partial charge in [-0.3, -0.25) is 0 Å². The predicted molar refractivity (Wildman–Crippen MR) is 81.3 cm³/mol. The summed E-state index contributed by atoms with van der Waals surface area (Å²) in [7, 11) is -3.88. The second-order valence-electron chi connectivity index (χ2n) is 5.85. The van der Waals surface area contributed by atoms with Crippen molar-refractivity contribution in [3.8, 4) is 0 Å². The van der Waals surface area contributed by atoms with Gasteiger partial charge in [0.1, 0.15) is 10.7 Å². The van der Waals surface area contributed by atoms with Gasteiger partial charge in [-0.25, -0.2) is 17.5 Å². The van der Waals surface area contributed by atoms with Crippen LogP contribution in [0.15, 0.2) is 17.0 Å². The molecule has 1 aliphatic carbocycles. The van der Waals surface area contributed by atoms with Crippen LogP contribution in [0.5, 0.6) is 0 Å².